The summed E-state index contributed by atoms with van der Waals surface area (Å²) >= 11 is 2.11. The highest BCUT2D eigenvalue weighted by molar-refractivity contribution is 14.1. The molecule has 3 rings (SSSR count). The van der Waals surface area contributed by atoms with Gasteiger partial charge in [0.15, 0.2) is 6.61 Å². The molecule has 0 unspecified atom stereocenters. The van der Waals surface area contributed by atoms with Crippen molar-refractivity contribution in [3.05, 3.63) is 69.8 Å². The lowest BCUT2D eigenvalue weighted by Gasteiger charge is -2.12. The molecule has 0 saturated carbocycles. The molecule has 5 nitrogen and oxygen atoms in total. The molecular formula is C20H16INO4. The Labute approximate surface area is 164 Å². The summed E-state index contributed by atoms with van der Waals surface area (Å²) in [7, 11) is 1.30. The molecule has 3 aromatic carbocycles. The number of methoxy groups -OCH3 is 1. The van der Waals surface area contributed by atoms with Gasteiger partial charge in [-0.3, -0.25) is 4.79 Å². The van der Waals surface area contributed by atoms with Gasteiger partial charge in [0.25, 0.3) is 5.91 Å². The third kappa shape index (κ3) is 4.13. The molecule has 1 N–H and O–H groups in total. The Balaban J connectivity index is 1.73. The van der Waals surface area contributed by atoms with Crippen molar-refractivity contribution in [3.63, 3.8) is 0 Å². The number of fused-ring (bicyclic) bond motifs is 1. The first-order chi connectivity index (χ1) is 12.6. The van der Waals surface area contributed by atoms with E-state index in [4.69, 9.17) is 9.47 Å². The van der Waals surface area contributed by atoms with Crippen molar-refractivity contribution in [1.82, 2.24) is 0 Å². The minimum Gasteiger partial charge on any atom is -0.483 e. The Morgan fingerprint density at radius 1 is 1.04 bits per heavy atom. The Hall–Kier alpha value is -2.61. The largest absolute Gasteiger partial charge is 0.483 e. The van der Waals surface area contributed by atoms with Crippen LogP contribution < -0.4 is 10.1 Å². The van der Waals surface area contributed by atoms with E-state index in [1.807, 2.05) is 42.5 Å². The van der Waals surface area contributed by atoms with Crippen molar-refractivity contribution >= 4 is 50.9 Å². The number of ether oxygens (including phenoxy) is 2. The molecule has 132 valence electrons. The Morgan fingerprint density at radius 3 is 2.62 bits per heavy atom. The van der Waals surface area contributed by atoms with Crippen molar-refractivity contribution in [3.8, 4) is 5.75 Å². The van der Waals surface area contributed by atoms with Crippen LogP contribution in [0.5, 0.6) is 5.75 Å². The van der Waals surface area contributed by atoms with Crippen LogP contribution in [0.25, 0.3) is 10.8 Å². The normalized spacial score (nSPS) is 10.4. The van der Waals surface area contributed by atoms with Crippen LogP contribution in [0, 0.1) is 3.57 Å². The quantitative estimate of drug-likeness (QED) is 0.456. The molecule has 26 heavy (non-hydrogen) atoms. The van der Waals surface area contributed by atoms with Gasteiger partial charge in [-0.05, 0) is 52.2 Å². The van der Waals surface area contributed by atoms with Crippen LogP contribution in [-0.4, -0.2) is 25.6 Å². The number of hydrogen-bond acceptors (Lipinski definition) is 4. The number of nitrogens with one attached hydrogen (secondary N) is 1. The van der Waals surface area contributed by atoms with Crippen molar-refractivity contribution in [2.24, 2.45) is 0 Å². The van der Waals surface area contributed by atoms with Gasteiger partial charge in [0.1, 0.15) is 5.75 Å². The predicted molar refractivity (Wildman–Crippen MR) is 109 cm³/mol. The second-order valence-electron chi connectivity index (χ2n) is 5.50. The Kier molecular flexibility index (Phi) is 5.72. The van der Waals surface area contributed by atoms with Crippen LogP contribution in [0.3, 0.4) is 0 Å². The van der Waals surface area contributed by atoms with Gasteiger partial charge in [-0.15, -0.1) is 0 Å². The third-order valence-corrected chi connectivity index (χ3v) is 4.44. The van der Waals surface area contributed by atoms with Gasteiger partial charge >= 0.3 is 5.97 Å². The van der Waals surface area contributed by atoms with E-state index in [0.29, 0.717) is 17.0 Å². The molecule has 3 aromatic rings. The van der Waals surface area contributed by atoms with Gasteiger partial charge in [0, 0.05) is 8.96 Å². The van der Waals surface area contributed by atoms with Gasteiger partial charge in [-0.2, -0.15) is 0 Å². The summed E-state index contributed by atoms with van der Waals surface area (Å²) < 4.78 is 11.3. The summed E-state index contributed by atoms with van der Waals surface area (Å²) in [6.07, 6.45) is 0. The van der Waals surface area contributed by atoms with E-state index in [1.165, 1.54) is 7.11 Å². The summed E-state index contributed by atoms with van der Waals surface area (Å²) in [6, 6.07) is 18.6. The monoisotopic (exact) mass is 461 g/mol. The molecule has 0 aliphatic heterocycles. The maximum absolute atomic E-state index is 12.3. The predicted octanol–water partition coefficient (Wildman–Crippen LogP) is 4.25. The zero-order valence-electron chi connectivity index (χ0n) is 14.0. The highest BCUT2D eigenvalue weighted by Gasteiger charge is 2.15. The van der Waals surface area contributed by atoms with Crippen LogP contribution >= 0.6 is 22.6 Å². The first kappa shape index (κ1) is 18.2. The molecule has 0 spiro atoms. The van der Waals surface area contributed by atoms with Crippen LogP contribution in [0.15, 0.2) is 60.7 Å². The zero-order chi connectivity index (χ0) is 18.5. The molecule has 1 amide bonds. The molecular weight excluding hydrogens is 445 g/mol. The van der Waals surface area contributed by atoms with Gasteiger partial charge in [0.05, 0.1) is 18.4 Å². The molecule has 6 heteroatoms. The number of halogens is 1. The van der Waals surface area contributed by atoms with Gasteiger partial charge < -0.3 is 14.8 Å². The van der Waals surface area contributed by atoms with Crippen molar-refractivity contribution < 1.29 is 19.1 Å². The molecule has 0 aromatic heterocycles. The zero-order valence-corrected chi connectivity index (χ0v) is 16.1. The van der Waals surface area contributed by atoms with Crippen molar-refractivity contribution in [2.75, 3.05) is 19.0 Å². The van der Waals surface area contributed by atoms with E-state index in [-0.39, 0.29) is 12.5 Å². The van der Waals surface area contributed by atoms with Gasteiger partial charge in [-0.25, -0.2) is 4.79 Å². The molecule has 0 aliphatic carbocycles. The van der Waals surface area contributed by atoms with E-state index in [2.05, 4.69) is 27.9 Å². The van der Waals surface area contributed by atoms with Crippen LogP contribution in [0.4, 0.5) is 5.69 Å². The summed E-state index contributed by atoms with van der Waals surface area (Å²) in [4.78, 5) is 24.2. The minimum absolute atomic E-state index is 0.167. The van der Waals surface area contributed by atoms with Crippen LogP contribution in [0.1, 0.15) is 10.4 Å². The Morgan fingerprint density at radius 2 is 1.81 bits per heavy atom. The maximum Gasteiger partial charge on any atom is 0.339 e. The summed E-state index contributed by atoms with van der Waals surface area (Å²) in [5.41, 5.74) is 0.696. The highest BCUT2D eigenvalue weighted by Crippen LogP contribution is 2.25. The number of carbonyl (C=O) groups excluding carboxylic acids is 2. The second-order valence-corrected chi connectivity index (χ2v) is 6.74. The third-order valence-electron chi connectivity index (χ3n) is 3.77. The molecule has 0 radical (unpaired) electrons. The number of rotatable bonds is 5. The van der Waals surface area contributed by atoms with Crippen LogP contribution in [-0.2, 0) is 9.53 Å². The molecule has 0 saturated heterocycles. The lowest BCUT2D eigenvalue weighted by molar-refractivity contribution is -0.118. The fourth-order valence-electron chi connectivity index (χ4n) is 2.56. The molecule has 0 heterocycles. The number of hydrogen-bond donors (Lipinski definition) is 1. The van der Waals surface area contributed by atoms with Crippen molar-refractivity contribution in [1.29, 1.82) is 0 Å². The van der Waals surface area contributed by atoms with Crippen molar-refractivity contribution in [2.45, 2.75) is 0 Å². The number of amides is 1. The first-order valence-corrected chi connectivity index (χ1v) is 8.94. The summed E-state index contributed by atoms with van der Waals surface area (Å²) in [6.45, 7) is -0.167. The van der Waals surface area contributed by atoms with Gasteiger partial charge in [0.2, 0.25) is 0 Å². The van der Waals surface area contributed by atoms with Gasteiger partial charge in [-0.1, -0.05) is 36.4 Å². The average molecular weight is 461 g/mol. The topological polar surface area (TPSA) is 64.6 Å². The smallest absolute Gasteiger partial charge is 0.339 e. The molecule has 0 aliphatic rings. The molecule has 0 atom stereocenters. The van der Waals surface area contributed by atoms with E-state index >= 15 is 0 Å². The summed E-state index contributed by atoms with van der Waals surface area (Å²) in [5, 5.41) is 4.69. The maximum atomic E-state index is 12.3. The van der Waals surface area contributed by atoms with Crippen LogP contribution in [0.2, 0.25) is 0 Å². The Bertz CT molecular complexity index is 966. The molecule has 0 bridgehead atoms. The number of benzene rings is 3. The fourth-order valence-corrected chi connectivity index (χ4v) is 3.05. The average Bonchev–Trinajstić information content (AvgIpc) is 2.66. The second kappa shape index (κ2) is 8.18. The number of anilines is 1. The minimum atomic E-state index is -0.508. The first-order valence-electron chi connectivity index (χ1n) is 7.87. The molecule has 0 fully saturated rings. The number of esters is 1. The van der Waals surface area contributed by atoms with E-state index in [1.54, 1.807) is 18.2 Å². The fraction of sp³-hybridized carbons (Fsp3) is 0.100. The summed E-state index contributed by atoms with van der Waals surface area (Å²) in [5.74, 6) is -0.231. The lowest BCUT2D eigenvalue weighted by Crippen LogP contribution is -2.22. The SMILES string of the molecule is COC(=O)c1ccc(I)cc1NC(=O)COc1cccc2ccccc12. The lowest BCUT2D eigenvalue weighted by atomic mass is 10.1. The van der Waals surface area contributed by atoms with E-state index in [9.17, 15) is 9.59 Å². The van der Waals surface area contributed by atoms with E-state index < -0.39 is 5.97 Å². The highest BCUT2D eigenvalue weighted by atomic mass is 127. The number of carbonyl (C=O) groups is 2. The van der Waals surface area contributed by atoms with E-state index in [0.717, 1.165) is 14.3 Å². The standard InChI is InChI=1S/C20H16INO4/c1-25-20(24)16-10-9-14(21)11-17(16)22-19(23)12-26-18-8-4-6-13-5-2-3-7-15(13)18/h2-11H,12H2,1H3,(H,22,23).